The van der Waals surface area contributed by atoms with Crippen LogP contribution in [0.3, 0.4) is 0 Å². The third-order valence-electron chi connectivity index (χ3n) is 5.68. The Morgan fingerprint density at radius 1 is 1.15 bits per heavy atom. The van der Waals surface area contributed by atoms with Crippen LogP contribution in [0.5, 0.6) is 11.5 Å². The number of nitrogens with one attached hydrogen (secondary N) is 1. The van der Waals surface area contributed by atoms with E-state index in [2.05, 4.69) is 5.48 Å². The number of aryl methyl sites for hydroxylation is 1. The highest BCUT2D eigenvalue weighted by molar-refractivity contribution is 5.88. The molecule has 1 aromatic heterocycles. The summed E-state index contributed by atoms with van der Waals surface area (Å²) < 4.78 is 17.9. The van der Waals surface area contributed by atoms with Gasteiger partial charge in [0, 0.05) is 32.2 Å². The van der Waals surface area contributed by atoms with E-state index < -0.39 is 5.97 Å². The van der Waals surface area contributed by atoms with Gasteiger partial charge in [-0.1, -0.05) is 6.07 Å². The third-order valence-corrected chi connectivity index (χ3v) is 5.68. The summed E-state index contributed by atoms with van der Waals surface area (Å²) in [6.07, 6.45) is 3.02. The molecule has 9 nitrogen and oxygen atoms in total. The molecular formula is C24H30N2O7. The maximum absolute atomic E-state index is 12.5. The number of hydroxylamine groups is 1. The molecule has 1 aliphatic rings. The van der Waals surface area contributed by atoms with Crippen molar-refractivity contribution in [2.75, 3.05) is 13.7 Å². The van der Waals surface area contributed by atoms with Crippen molar-refractivity contribution < 1.29 is 28.6 Å². The van der Waals surface area contributed by atoms with Crippen LogP contribution in [0.25, 0.3) is 0 Å². The van der Waals surface area contributed by atoms with Crippen molar-refractivity contribution in [3.05, 3.63) is 58.0 Å². The topological polar surface area (TPSA) is 105 Å². The molecule has 178 valence electrons. The quantitative estimate of drug-likeness (QED) is 0.476. The lowest BCUT2D eigenvalue weighted by Gasteiger charge is -2.36. The fourth-order valence-electron chi connectivity index (χ4n) is 4.08. The fourth-order valence-corrected chi connectivity index (χ4v) is 4.08. The van der Waals surface area contributed by atoms with Crippen LogP contribution in [-0.4, -0.2) is 42.4 Å². The standard InChI is InChI=1S/C24H30N2O7/c1-5-31-22-12-16(6-10-21(22)30-4)19-13-18(32-15(2)27)8-9-20(19)25-33-24(29)17-7-11-23(28)26(3)14-17/h6-7,10-12,14,18-20,25H,5,8-9,13H2,1-4H3/t18-,19-,20-/m1/s1. The Morgan fingerprint density at radius 2 is 1.94 bits per heavy atom. The van der Waals surface area contributed by atoms with Crippen LogP contribution < -0.4 is 20.5 Å². The third kappa shape index (κ3) is 6.13. The largest absolute Gasteiger partial charge is 0.493 e. The molecule has 1 aromatic carbocycles. The molecule has 0 aliphatic heterocycles. The Kier molecular flexibility index (Phi) is 8.11. The highest BCUT2D eigenvalue weighted by Crippen LogP contribution is 2.38. The first-order valence-electron chi connectivity index (χ1n) is 10.9. The van der Waals surface area contributed by atoms with E-state index in [4.69, 9.17) is 19.0 Å². The summed E-state index contributed by atoms with van der Waals surface area (Å²) in [4.78, 5) is 41.0. The molecule has 1 heterocycles. The lowest BCUT2D eigenvalue weighted by Crippen LogP contribution is -2.42. The molecule has 1 fully saturated rings. The van der Waals surface area contributed by atoms with Crippen LogP contribution >= 0.6 is 0 Å². The van der Waals surface area contributed by atoms with E-state index in [1.165, 1.54) is 29.8 Å². The number of hydrogen-bond donors (Lipinski definition) is 1. The second kappa shape index (κ2) is 11.0. The number of nitrogens with zero attached hydrogens (tertiary/aromatic N) is 1. The zero-order valence-electron chi connectivity index (χ0n) is 19.3. The first-order chi connectivity index (χ1) is 15.8. The molecule has 0 amide bonds. The minimum Gasteiger partial charge on any atom is -0.493 e. The molecule has 0 radical (unpaired) electrons. The molecule has 0 unspecified atom stereocenters. The molecule has 0 saturated heterocycles. The molecule has 0 spiro atoms. The maximum Gasteiger partial charge on any atom is 0.358 e. The summed E-state index contributed by atoms with van der Waals surface area (Å²) in [5, 5.41) is 0. The van der Waals surface area contributed by atoms with Crippen LogP contribution in [0, 0.1) is 0 Å². The molecule has 3 rings (SSSR count). The van der Waals surface area contributed by atoms with Gasteiger partial charge in [-0.15, -0.1) is 5.48 Å². The van der Waals surface area contributed by atoms with Gasteiger partial charge >= 0.3 is 11.9 Å². The van der Waals surface area contributed by atoms with Crippen LogP contribution in [0.4, 0.5) is 0 Å². The number of hydrogen-bond acceptors (Lipinski definition) is 8. The Morgan fingerprint density at radius 3 is 2.61 bits per heavy atom. The van der Waals surface area contributed by atoms with Crippen LogP contribution in [0.1, 0.15) is 54.9 Å². The van der Waals surface area contributed by atoms with E-state index in [9.17, 15) is 14.4 Å². The number of ether oxygens (including phenoxy) is 3. The van der Waals surface area contributed by atoms with E-state index in [0.717, 1.165) is 5.56 Å². The summed E-state index contributed by atoms with van der Waals surface area (Å²) >= 11 is 0. The van der Waals surface area contributed by atoms with Gasteiger partial charge in [0.05, 0.1) is 25.3 Å². The van der Waals surface area contributed by atoms with Gasteiger partial charge in [0.2, 0.25) is 5.56 Å². The molecule has 1 N–H and O–H groups in total. The van der Waals surface area contributed by atoms with Gasteiger partial charge in [0.15, 0.2) is 11.5 Å². The summed E-state index contributed by atoms with van der Waals surface area (Å²) in [7, 11) is 3.15. The minimum atomic E-state index is -0.587. The molecule has 3 atom stereocenters. The normalized spacial score (nSPS) is 20.1. The van der Waals surface area contributed by atoms with E-state index >= 15 is 0 Å². The summed E-state index contributed by atoms with van der Waals surface area (Å²) in [6, 6.07) is 8.22. The lowest BCUT2D eigenvalue weighted by atomic mass is 9.79. The second-order valence-electron chi connectivity index (χ2n) is 7.98. The highest BCUT2D eigenvalue weighted by Gasteiger charge is 2.34. The summed E-state index contributed by atoms with van der Waals surface area (Å²) in [5.74, 6) is 0.222. The number of benzene rings is 1. The number of methoxy groups -OCH3 is 1. The number of aromatic nitrogens is 1. The van der Waals surface area contributed by atoms with Crippen molar-refractivity contribution >= 4 is 11.9 Å². The molecular weight excluding hydrogens is 428 g/mol. The van der Waals surface area contributed by atoms with Gasteiger partial charge in [-0.25, -0.2) is 4.79 Å². The van der Waals surface area contributed by atoms with Gasteiger partial charge in [-0.2, -0.15) is 0 Å². The summed E-state index contributed by atoms with van der Waals surface area (Å²) in [6.45, 7) is 3.78. The average molecular weight is 459 g/mol. The monoisotopic (exact) mass is 458 g/mol. The summed E-state index contributed by atoms with van der Waals surface area (Å²) in [5.41, 5.74) is 3.90. The molecule has 0 bridgehead atoms. The smallest absolute Gasteiger partial charge is 0.358 e. The van der Waals surface area contributed by atoms with E-state index in [1.54, 1.807) is 14.2 Å². The Labute approximate surface area is 192 Å². The van der Waals surface area contributed by atoms with Crippen molar-refractivity contribution in [2.45, 2.75) is 51.2 Å². The molecule has 33 heavy (non-hydrogen) atoms. The van der Waals surface area contributed by atoms with Crippen LogP contribution in [0.2, 0.25) is 0 Å². The number of carbonyl (C=O) groups excluding carboxylic acids is 2. The molecule has 1 saturated carbocycles. The average Bonchev–Trinajstić information content (AvgIpc) is 2.79. The SMILES string of the molecule is CCOc1cc([C@H]2C[C@H](OC(C)=O)CC[C@H]2NOC(=O)c2ccc(=O)n(C)c2)ccc1OC. The van der Waals surface area contributed by atoms with Crippen molar-refractivity contribution in [1.82, 2.24) is 10.0 Å². The zero-order chi connectivity index (χ0) is 24.0. The molecule has 2 aromatic rings. The number of carbonyl (C=O) groups is 2. The van der Waals surface area contributed by atoms with Crippen LogP contribution in [-0.2, 0) is 21.4 Å². The first kappa shape index (κ1) is 24.3. The maximum atomic E-state index is 12.5. The van der Waals surface area contributed by atoms with Gasteiger partial charge in [0.1, 0.15) is 6.10 Å². The van der Waals surface area contributed by atoms with Gasteiger partial charge in [0.25, 0.3) is 0 Å². The Hall–Kier alpha value is -3.33. The Bertz CT molecular complexity index is 1050. The minimum absolute atomic E-state index is 0.110. The van der Waals surface area contributed by atoms with Crippen LogP contribution in [0.15, 0.2) is 41.3 Å². The predicted octanol–water partition coefficient (Wildman–Crippen LogP) is 2.72. The lowest BCUT2D eigenvalue weighted by molar-refractivity contribution is -0.148. The van der Waals surface area contributed by atoms with Crippen molar-refractivity contribution in [1.29, 1.82) is 0 Å². The van der Waals surface area contributed by atoms with Gasteiger partial charge in [-0.3, -0.25) is 9.59 Å². The van der Waals surface area contributed by atoms with Gasteiger partial charge < -0.3 is 23.6 Å². The van der Waals surface area contributed by atoms with Crippen molar-refractivity contribution in [3.63, 3.8) is 0 Å². The van der Waals surface area contributed by atoms with Crippen molar-refractivity contribution in [2.24, 2.45) is 7.05 Å². The van der Waals surface area contributed by atoms with Gasteiger partial charge in [-0.05, 0) is 49.9 Å². The van der Waals surface area contributed by atoms with E-state index in [0.29, 0.717) is 37.4 Å². The highest BCUT2D eigenvalue weighted by atomic mass is 16.7. The van der Waals surface area contributed by atoms with E-state index in [1.807, 2.05) is 25.1 Å². The zero-order valence-corrected chi connectivity index (χ0v) is 19.3. The molecule has 1 aliphatic carbocycles. The van der Waals surface area contributed by atoms with Crippen molar-refractivity contribution in [3.8, 4) is 11.5 Å². The Balaban J connectivity index is 1.80. The number of pyridine rings is 1. The molecule has 9 heteroatoms. The second-order valence-corrected chi connectivity index (χ2v) is 7.98. The predicted molar refractivity (Wildman–Crippen MR) is 120 cm³/mol. The van der Waals surface area contributed by atoms with E-state index in [-0.39, 0.29) is 35.2 Å². The fraction of sp³-hybridized carbons (Fsp3) is 0.458. The number of rotatable bonds is 8. The number of esters is 1. The first-order valence-corrected chi connectivity index (χ1v) is 10.9.